The standard InChI is InChI=1S/C19H18FN3O/c1-14-7-9-16(11-18(14)20)22-19(24)10-8-15-12-21-23(13-15)17-5-3-2-4-6-17/h2-7,9,11-13H,8,10H2,1H3,(H,22,24). The van der Waals surface area contributed by atoms with Crippen LogP contribution in [0.5, 0.6) is 0 Å². The third kappa shape index (κ3) is 3.87. The molecular formula is C19H18FN3O. The molecule has 24 heavy (non-hydrogen) atoms. The van der Waals surface area contributed by atoms with Crippen LogP contribution in [0.2, 0.25) is 0 Å². The summed E-state index contributed by atoms with van der Waals surface area (Å²) in [5, 5.41) is 7.02. The lowest BCUT2D eigenvalue weighted by Gasteiger charge is -2.06. The number of halogens is 1. The summed E-state index contributed by atoms with van der Waals surface area (Å²) in [6, 6.07) is 14.5. The number of carbonyl (C=O) groups is 1. The molecule has 0 fully saturated rings. The Bertz CT molecular complexity index is 843. The van der Waals surface area contributed by atoms with E-state index in [-0.39, 0.29) is 11.7 Å². The van der Waals surface area contributed by atoms with Crippen molar-refractivity contribution < 1.29 is 9.18 Å². The van der Waals surface area contributed by atoms with Gasteiger partial charge in [-0.2, -0.15) is 5.10 Å². The zero-order chi connectivity index (χ0) is 16.9. The second kappa shape index (κ2) is 7.08. The predicted molar refractivity (Wildman–Crippen MR) is 91.7 cm³/mol. The number of anilines is 1. The van der Waals surface area contributed by atoms with Crippen molar-refractivity contribution in [2.75, 3.05) is 5.32 Å². The maximum Gasteiger partial charge on any atom is 0.224 e. The summed E-state index contributed by atoms with van der Waals surface area (Å²) < 4.78 is 15.3. The Morgan fingerprint density at radius 3 is 2.75 bits per heavy atom. The Labute approximate surface area is 139 Å². The molecule has 3 aromatic rings. The summed E-state index contributed by atoms with van der Waals surface area (Å²) >= 11 is 0. The second-order valence-corrected chi connectivity index (χ2v) is 5.64. The first-order valence-electron chi connectivity index (χ1n) is 7.77. The van der Waals surface area contributed by atoms with Crippen LogP contribution in [0.4, 0.5) is 10.1 Å². The summed E-state index contributed by atoms with van der Waals surface area (Å²) in [5.74, 6) is -0.470. The number of benzene rings is 2. The van der Waals surface area contributed by atoms with E-state index in [1.807, 2.05) is 36.5 Å². The number of nitrogens with zero attached hydrogens (tertiary/aromatic N) is 2. The first-order chi connectivity index (χ1) is 11.6. The van der Waals surface area contributed by atoms with Crippen LogP contribution in [0.3, 0.4) is 0 Å². The van der Waals surface area contributed by atoms with Crippen molar-refractivity contribution in [3.05, 3.63) is 77.9 Å². The van der Waals surface area contributed by atoms with Gasteiger partial charge in [-0.25, -0.2) is 9.07 Å². The van der Waals surface area contributed by atoms with E-state index < -0.39 is 0 Å². The molecule has 0 bridgehead atoms. The third-order valence-electron chi connectivity index (χ3n) is 3.75. The van der Waals surface area contributed by atoms with Gasteiger partial charge in [-0.1, -0.05) is 24.3 Å². The van der Waals surface area contributed by atoms with Gasteiger partial charge in [0.25, 0.3) is 0 Å². The molecule has 0 atom stereocenters. The molecule has 1 N–H and O–H groups in total. The summed E-state index contributed by atoms with van der Waals surface area (Å²) in [6.07, 6.45) is 4.56. The van der Waals surface area contributed by atoms with Crippen LogP contribution in [-0.4, -0.2) is 15.7 Å². The fourth-order valence-corrected chi connectivity index (χ4v) is 2.36. The second-order valence-electron chi connectivity index (χ2n) is 5.64. The molecule has 0 radical (unpaired) electrons. The highest BCUT2D eigenvalue weighted by atomic mass is 19.1. The summed E-state index contributed by atoms with van der Waals surface area (Å²) in [4.78, 5) is 12.0. The van der Waals surface area contributed by atoms with Crippen LogP contribution in [0.25, 0.3) is 5.69 Å². The van der Waals surface area contributed by atoms with Gasteiger partial charge in [0.2, 0.25) is 5.91 Å². The van der Waals surface area contributed by atoms with Gasteiger partial charge in [0, 0.05) is 18.3 Å². The van der Waals surface area contributed by atoms with Crippen molar-refractivity contribution >= 4 is 11.6 Å². The first-order valence-corrected chi connectivity index (χ1v) is 7.77. The Balaban J connectivity index is 1.56. The van der Waals surface area contributed by atoms with Crippen molar-refractivity contribution in [3.8, 4) is 5.69 Å². The molecule has 3 rings (SSSR count). The quantitative estimate of drug-likeness (QED) is 0.774. The van der Waals surface area contributed by atoms with Gasteiger partial charge in [-0.3, -0.25) is 4.79 Å². The fourth-order valence-electron chi connectivity index (χ4n) is 2.36. The minimum Gasteiger partial charge on any atom is -0.326 e. The number of amides is 1. The Morgan fingerprint density at radius 2 is 2.00 bits per heavy atom. The third-order valence-corrected chi connectivity index (χ3v) is 3.75. The fraction of sp³-hybridized carbons (Fsp3) is 0.158. The van der Waals surface area contributed by atoms with E-state index in [0.717, 1.165) is 11.3 Å². The van der Waals surface area contributed by atoms with Crippen LogP contribution in [-0.2, 0) is 11.2 Å². The number of nitrogens with one attached hydrogen (secondary N) is 1. The minimum atomic E-state index is -0.322. The number of para-hydroxylation sites is 1. The Hall–Kier alpha value is -2.95. The molecule has 0 aliphatic carbocycles. The number of hydrogen-bond acceptors (Lipinski definition) is 2. The van der Waals surface area contributed by atoms with E-state index >= 15 is 0 Å². The molecule has 122 valence electrons. The van der Waals surface area contributed by atoms with E-state index in [0.29, 0.717) is 24.1 Å². The molecule has 2 aromatic carbocycles. The van der Waals surface area contributed by atoms with Crippen molar-refractivity contribution in [1.82, 2.24) is 9.78 Å². The highest BCUT2D eigenvalue weighted by molar-refractivity contribution is 5.90. The summed E-state index contributed by atoms with van der Waals surface area (Å²) in [7, 11) is 0. The van der Waals surface area contributed by atoms with Gasteiger partial charge in [0.15, 0.2) is 0 Å². The lowest BCUT2D eigenvalue weighted by molar-refractivity contribution is -0.116. The zero-order valence-corrected chi connectivity index (χ0v) is 13.4. The number of carbonyl (C=O) groups excluding carboxylic acids is 1. The molecular weight excluding hydrogens is 305 g/mol. The molecule has 1 aromatic heterocycles. The molecule has 0 saturated carbocycles. The average Bonchev–Trinajstić information content (AvgIpc) is 3.06. The van der Waals surface area contributed by atoms with Gasteiger partial charge in [-0.15, -0.1) is 0 Å². The molecule has 0 aliphatic rings. The van der Waals surface area contributed by atoms with Gasteiger partial charge in [-0.05, 0) is 48.7 Å². The van der Waals surface area contributed by atoms with Crippen molar-refractivity contribution in [3.63, 3.8) is 0 Å². The smallest absolute Gasteiger partial charge is 0.224 e. The highest BCUT2D eigenvalue weighted by Crippen LogP contribution is 2.14. The predicted octanol–water partition coefficient (Wildman–Crippen LogP) is 3.89. The highest BCUT2D eigenvalue weighted by Gasteiger charge is 2.07. The number of rotatable bonds is 5. The van der Waals surface area contributed by atoms with Gasteiger partial charge >= 0.3 is 0 Å². The van der Waals surface area contributed by atoms with Crippen molar-refractivity contribution in [1.29, 1.82) is 0 Å². The molecule has 1 heterocycles. The van der Waals surface area contributed by atoms with Crippen LogP contribution in [0.1, 0.15) is 17.5 Å². The molecule has 0 aliphatic heterocycles. The van der Waals surface area contributed by atoms with Gasteiger partial charge < -0.3 is 5.32 Å². The van der Waals surface area contributed by atoms with Crippen LogP contribution in [0, 0.1) is 12.7 Å². The van der Waals surface area contributed by atoms with Crippen LogP contribution in [0.15, 0.2) is 60.9 Å². The maximum absolute atomic E-state index is 13.5. The van der Waals surface area contributed by atoms with E-state index in [2.05, 4.69) is 10.4 Å². The Kier molecular flexibility index (Phi) is 4.70. The van der Waals surface area contributed by atoms with E-state index in [1.165, 1.54) is 6.07 Å². The van der Waals surface area contributed by atoms with Crippen LogP contribution < -0.4 is 5.32 Å². The first kappa shape index (κ1) is 15.9. The zero-order valence-electron chi connectivity index (χ0n) is 13.4. The molecule has 0 saturated heterocycles. The normalized spacial score (nSPS) is 10.6. The van der Waals surface area contributed by atoms with Crippen molar-refractivity contribution in [2.45, 2.75) is 19.8 Å². The van der Waals surface area contributed by atoms with Crippen molar-refractivity contribution in [2.24, 2.45) is 0 Å². The van der Waals surface area contributed by atoms with Gasteiger partial charge in [0.05, 0.1) is 11.9 Å². The lowest BCUT2D eigenvalue weighted by Crippen LogP contribution is -2.12. The molecule has 4 nitrogen and oxygen atoms in total. The molecule has 5 heteroatoms. The molecule has 0 unspecified atom stereocenters. The monoisotopic (exact) mass is 323 g/mol. The van der Waals surface area contributed by atoms with E-state index in [1.54, 1.807) is 29.9 Å². The SMILES string of the molecule is Cc1ccc(NC(=O)CCc2cnn(-c3ccccc3)c2)cc1F. The van der Waals surface area contributed by atoms with E-state index in [9.17, 15) is 9.18 Å². The summed E-state index contributed by atoms with van der Waals surface area (Å²) in [6.45, 7) is 1.69. The number of aryl methyl sites for hydroxylation is 2. The minimum absolute atomic E-state index is 0.147. The van der Waals surface area contributed by atoms with E-state index in [4.69, 9.17) is 0 Å². The molecule has 0 spiro atoms. The lowest BCUT2D eigenvalue weighted by atomic mass is 10.2. The number of aromatic nitrogens is 2. The largest absolute Gasteiger partial charge is 0.326 e. The average molecular weight is 323 g/mol. The summed E-state index contributed by atoms with van der Waals surface area (Å²) in [5.41, 5.74) is 2.98. The number of hydrogen-bond donors (Lipinski definition) is 1. The topological polar surface area (TPSA) is 46.9 Å². The molecule has 1 amide bonds. The van der Waals surface area contributed by atoms with Gasteiger partial charge in [0.1, 0.15) is 5.82 Å². The Morgan fingerprint density at radius 1 is 1.21 bits per heavy atom. The maximum atomic E-state index is 13.5. The van der Waals surface area contributed by atoms with Crippen LogP contribution >= 0.6 is 0 Å².